The number of fused-ring (bicyclic) bond motifs is 1. The van der Waals surface area contributed by atoms with E-state index in [4.69, 9.17) is 23.4 Å². The molecule has 0 bridgehead atoms. The first-order valence-corrected chi connectivity index (χ1v) is 10.4. The van der Waals surface area contributed by atoms with Crippen LogP contribution in [-0.4, -0.2) is 81.5 Å². The first-order chi connectivity index (χ1) is 17.1. The Morgan fingerprint density at radius 2 is 1.64 bits per heavy atom. The van der Waals surface area contributed by atoms with Crippen LogP contribution < -0.4 is 19.6 Å². The Balaban J connectivity index is 1.92. The Morgan fingerprint density at radius 3 is 2.28 bits per heavy atom. The highest BCUT2D eigenvalue weighted by Gasteiger charge is 2.48. The summed E-state index contributed by atoms with van der Waals surface area (Å²) in [5, 5.41) is 59.5. The number of carbonyl (C=O) groups is 1. The minimum absolute atomic E-state index is 0.185. The van der Waals surface area contributed by atoms with Crippen LogP contribution in [0.15, 0.2) is 39.5 Å². The van der Waals surface area contributed by atoms with Crippen molar-refractivity contribution in [3.05, 3.63) is 40.6 Å². The van der Waals surface area contributed by atoms with Crippen molar-refractivity contribution < 1.29 is 58.8 Å². The number of methoxy groups -OCH3 is 2. The smallest absolute Gasteiger partial charge is 0.335 e. The number of phenols is 2. The molecule has 6 N–H and O–H groups in total. The van der Waals surface area contributed by atoms with Gasteiger partial charge < -0.3 is 54.0 Å². The number of aliphatic hydroxyl groups is 3. The average molecular weight is 506 g/mol. The number of rotatable bonds is 6. The fourth-order valence-corrected chi connectivity index (χ4v) is 3.81. The topological polar surface area (TPSA) is 206 Å². The van der Waals surface area contributed by atoms with Gasteiger partial charge in [0.05, 0.1) is 14.2 Å². The zero-order valence-corrected chi connectivity index (χ0v) is 18.8. The van der Waals surface area contributed by atoms with Gasteiger partial charge in [0, 0.05) is 17.7 Å². The molecule has 5 atom stereocenters. The molecule has 192 valence electrons. The second-order valence-corrected chi connectivity index (χ2v) is 7.85. The van der Waals surface area contributed by atoms with Gasteiger partial charge in [0.25, 0.3) is 0 Å². The molecule has 1 saturated heterocycles. The largest absolute Gasteiger partial charge is 0.508 e. The first kappa shape index (κ1) is 25.1. The van der Waals surface area contributed by atoms with Crippen LogP contribution in [-0.2, 0) is 9.53 Å². The van der Waals surface area contributed by atoms with Gasteiger partial charge in [-0.05, 0) is 18.2 Å². The number of aliphatic carboxylic acids is 1. The van der Waals surface area contributed by atoms with E-state index in [0.717, 1.165) is 12.1 Å². The maximum Gasteiger partial charge on any atom is 0.335 e. The fourth-order valence-electron chi connectivity index (χ4n) is 3.81. The number of ether oxygens (including phenoxy) is 4. The number of carboxylic acid groups (broad SMARTS) is 1. The van der Waals surface area contributed by atoms with Crippen molar-refractivity contribution in [3.8, 4) is 40.1 Å². The molecule has 2 aromatic carbocycles. The second kappa shape index (κ2) is 9.54. The molecule has 4 rings (SSSR count). The summed E-state index contributed by atoms with van der Waals surface area (Å²) >= 11 is 0. The van der Waals surface area contributed by atoms with E-state index in [1.807, 2.05) is 0 Å². The Labute approximate surface area is 201 Å². The minimum atomic E-state index is -1.99. The zero-order valence-electron chi connectivity index (χ0n) is 18.8. The molecule has 13 heteroatoms. The Bertz CT molecular complexity index is 1360. The standard InChI is InChI=1S/C23H22O13/c1-32-11-4-3-8(5-12(11)33-2)19-20(15(26)14-10(25)6-9(24)7-13(14)34-19)35-23-18(29)16(27)17(28)21(36-23)22(30)31/h3-7,16-18,21,23-25,27-29H,1-2H3,(H,30,31). The predicted molar refractivity (Wildman–Crippen MR) is 119 cm³/mol. The molecular formula is C23H22O13. The quantitative estimate of drug-likeness (QED) is 0.264. The van der Waals surface area contributed by atoms with E-state index < -0.39 is 64.7 Å². The maximum atomic E-state index is 13.4. The van der Waals surface area contributed by atoms with Crippen LogP contribution in [0.1, 0.15) is 0 Å². The number of aliphatic hydroxyl groups excluding tert-OH is 3. The van der Waals surface area contributed by atoms with Crippen LogP contribution in [0.3, 0.4) is 0 Å². The molecule has 1 aromatic heterocycles. The van der Waals surface area contributed by atoms with E-state index in [1.165, 1.54) is 32.4 Å². The van der Waals surface area contributed by atoms with Gasteiger partial charge in [0.15, 0.2) is 23.4 Å². The summed E-state index contributed by atoms with van der Waals surface area (Å²) in [7, 11) is 2.78. The molecule has 1 aliphatic heterocycles. The molecule has 0 spiro atoms. The highest BCUT2D eigenvalue weighted by molar-refractivity contribution is 5.88. The lowest BCUT2D eigenvalue weighted by atomic mass is 9.99. The molecule has 0 aliphatic carbocycles. The maximum absolute atomic E-state index is 13.4. The van der Waals surface area contributed by atoms with E-state index in [9.17, 15) is 40.2 Å². The van der Waals surface area contributed by atoms with Crippen LogP contribution in [0.25, 0.3) is 22.3 Å². The van der Waals surface area contributed by atoms with Crippen LogP contribution >= 0.6 is 0 Å². The third kappa shape index (κ3) is 4.24. The highest BCUT2D eigenvalue weighted by atomic mass is 16.7. The van der Waals surface area contributed by atoms with E-state index >= 15 is 0 Å². The normalized spacial score (nSPS) is 23.9. The van der Waals surface area contributed by atoms with Crippen molar-refractivity contribution in [1.82, 2.24) is 0 Å². The molecule has 3 aromatic rings. The number of aromatic hydroxyl groups is 2. The van der Waals surface area contributed by atoms with E-state index in [1.54, 1.807) is 0 Å². The van der Waals surface area contributed by atoms with Crippen LogP contribution in [0.4, 0.5) is 0 Å². The highest BCUT2D eigenvalue weighted by Crippen LogP contribution is 2.39. The zero-order chi connectivity index (χ0) is 26.3. The number of phenolic OH excluding ortho intramolecular Hbond substituents is 2. The lowest BCUT2D eigenvalue weighted by Crippen LogP contribution is -2.61. The summed E-state index contributed by atoms with van der Waals surface area (Å²) in [5.41, 5.74) is -1.01. The molecule has 2 heterocycles. The second-order valence-electron chi connectivity index (χ2n) is 7.85. The molecule has 0 radical (unpaired) electrons. The molecule has 1 aliphatic rings. The molecular weight excluding hydrogens is 484 g/mol. The third-order valence-corrected chi connectivity index (χ3v) is 5.61. The first-order valence-electron chi connectivity index (χ1n) is 10.4. The molecule has 0 amide bonds. The summed E-state index contributed by atoms with van der Waals surface area (Å²) in [6.07, 6.45) is -9.88. The average Bonchev–Trinajstić information content (AvgIpc) is 2.84. The van der Waals surface area contributed by atoms with Gasteiger partial charge >= 0.3 is 5.97 Å². The Hall–Kier alpha value is -4.04. The van der Waals surface area contributed by atoms with E-state index in [-0.39, 0.29) is 22.7 Å². The van der Waals surface area contributed by atoms with Gasteiger partial charge in [-0.3, -0.25) is 4.79 Å². The van der Waals surface area contributed by atoms with Gasteiger partial charge in [0.1, 0.15) is 40.8 Å². The molecule has 1 fully saturated rings. The summed E-state index contributed by atoms with van der Waals surface area (Å²) in [6.45, 7) is 0. The summed E-state index contributed by atoms with van der Waals surface area (Å²) in [6, 6.07) is 6.37. The van der Waals surface area contributed by atoms with E-state index in [2.05, 4.69) is 0 Å². The fraction of sp³-hybridized carbons (Fsp3) is 0.304. The van der Waals surface area contributed by atoms with Crippen molar-refractivity contribution in [2.45, 2.75) is 30.7 Å². The molecule has 36 heavy (non-hydrogen) atoms. The van der Waals surface area contributed by atoms with Gasteiger partial charge in [-0.25, -0.2) is 4.79 Å². The van der Waals surface area contributed by atoms with Crippen molar-refractivity contribution in [2.24, 2.45) is 0 Å². The predicted octanol–water partition coefficient (Wildman–Crippen LogP) is 0.159. The van der Waals surface area contributed by atoms with Crippen molar-refractivity contribution in [3.63, 3.8) is 0 Å². The summed E-state index contributed by atoms with van der Waals surface area (Å²) in [5.74, 6) is -3.03. The number of benzene rings is 2. The molecule has 5 unspecified atom stereocenters. The van der Waals surface area contributed by atoms with Crippen molar-refractivity contribution in [2.75, 3.05) is 14.2 Å². The van der Waals surface area contributed by atoms with Gasteiger partial charge in [0.2, 0.25) is 17.5 Å². The van der Waals surface area contributed by atoms with Crippen LogP contribution in [0.2, 0.25) is 0 Å². The van der Waals surface area contributed by atoms with Gasteiger partial charge in [-0.15, -0.1) is 0 Å². The monoisotopic (exact) mass is 506 g/mol. The third-order valence-electron chi connectivity index (χ3n) is 5.61. The Kier molecular flexibility index (Phi) is 6.65. The number of hydrogen-bond donors (Lipinski definition) is 6. The molecule has 13 nitrogen and oxygen atoms in total. The number of carboxylic acids is 1. The summed E-state index contributed by atoms with van der Waals surface area (Å²) in [4.78, 5) is 24.9. The minimum Gasteiger partial charge on any atom is -0.508 e. The van der Waals surface area contributed by atoms with Gasteiger partial charge in [-0.1, -0.05) is 0 Å². The SMILES string of the molecule is COc1ccc(-c2oc3cc(O)cc(O)c3c(=O)c2OC2OC(C(=O)O)C(O)C(O)C2O)cc1OC. The Morgan fingerprint density at radius 1 is 0.944 bits per heavy atom. The van der Waals surface area contributed by atoms with Crippen molar-refractivity contribution >= 4 is 16.9 Å². The number of hydrogen-bond acceptors (Lipinski definition) is 12. The van der Waals surface area contributed by atoms with Crippen LogP contribution in [0.5, 0.6) is 28.7 Å². The summed E-state index contributed by atoms with van der Waals surface area (Å²) < 4.78 is 26.9. The van der Waals surface area contributed by atoms with Crippen LogP contribution in [0, 0.1) is 0 Å². The lowest BCUT2D eigenvalue weighted by Gasteiger charge is -2.38. The van der Waals surface area contributed by atoms with E-state index in [0.29, 0.717) is 5.75 Å². The van der Waals surface area contributed by atoms with Gasteiger partial charge in [-0.2, -0.15) is 0 Å². The van der Waals surface area contributed by atoms with Crippen molar-refractivity contribution in [1.29, 1.82) is 0 Å². The molecule has 0 saturated carbocycles. The lowest BCUT2D eigenvalue weighted by molar-refractivity contribution is -0.271.